The lowest BCUT2D eigenvalue weighted by atomic mass is 9.75. The van der Waals surface area contributed by atoms with E-state index in [0.29, 0.717) is 25.2 Å². The number of hydrogen-bond donors (Lipinski definition) is 1. The van der Waals surface area contributed by atoms with Crippen LogP contribution in [0.5, 0.6) is 5.75 Å². The summed E-state index contributed by atoms with van der Waals surface area (Å²) in [6, 6.07) is 6.82. The third-order valence-corrected chi connectivity index (χ3v) is 5.19. The molecule has 7 heteroatoms. The first-order valence-electron chi connectivity index (χ1n) is 9.46. The summed E-state index contributed by atoms with van der Waals surface area (Å²) >= 11 is 5.56. The summed E-state index contributed by atoms with van der Waals surface area (Å²) in [6.45, 7) is 1.74. The largest absolute Gasteiger partial charge is 0.489 e. The Labute approximate surface area is 174 Å². The molecular formula is C22H26ClF3O3. The molecule has 160 valence electrons. The Balaban J connectivity index is 2.05. The van der Waals surface area contributed by atoms with Crippen molar-refractivity contribution in [1.29, 1.82) is 0 Å². The SMILES string of the molecule is CC(C)(C1=C=C=C(OCC[C@H](O)CCl)CC1)c1ccc(OCC(F)(F)CF)cc1. The van der Waals surface area contributed by atoms with E-state index in [9.17, 15) is 18.3 Å². The second-order valence-corrected chi connectivity index (χ2v) is 7.83. The Hall–Kier alpha value is -1.84. The molecule has 3 nitrogen and oxygen atoms in total. The number of aliphatic hydroxyl groups excluding tert-OH is 1. The van der Waals surface area contributed by atoms with Crippen molar-refractivity contribution in [2.45, 2.75) is 50.6 Å². The summed E-state index contributed by atoms with van der Waals surface area (Å²) in [7, 11) is 0. The monoisotopic (exact) mass is 430 g/mol. The summed E-state index contributed by atoms with van der Waals surface area (Å²) in [5.41, 5.74) is 7.89. The molecule has 2 rings (SSSR count). The first-order valence-corrected chi connectivity index (χ1v) is 9.99. The van der Waals surface area contributed by atoms with Crippen LogP contribution in [-0.4, -0.2) is 42.9 Å². The topological polar surface area (TPSA) is 38.7 Å². The molecule has 0 fully saturated rings. The molecule has 1 aliphatic carbocycles. The minimum absolute atomic E-state index is 0.179. The predicted octanol–water partition coefficient (Wildman–Crippen LogP) is 5.31. The summed E-state index contributed by atoms with van der Waals surface area (Å²) in [5.74, 6) is -2.34. The molecule has 0 radical (unpaired) electrons. The molecule has 1 aromatic carbocycles. The van der Waals surface area contributed by atoms with Gasteiger partial charge in [0.25, 0.3) is 0 Å². The highest BCUT2D eigenvalue weighted by atomic mass is 35.5. The molecule has 0 unspecified atom stereocenters. The fourth-order valence-corrected chi connectivity index (χ4v) is 3.00. The van der Waals surface area contributed by atoms with Crippen molar-refractivity contribution < 1.29 is 27.8 Å². The molecule has 0 aromatic heterocycles. The van der Waals surface area contributed by atoms with Gasteiger partial charge in [0, 0.05) is 24.1 Å². The second kappa shape index (κ2) is 10.3. The van der Waals surface area contributed by atoms with Gasteiger partial charge in [0.1, 0.15) is 11.5 Å². The van der Waals surface area contributed by atoms with Crippen molar-refractivity contribution in [2.75, 3.05) is 25.8 Å². The maximum atomic E-state index is 13.0. The molecule has 0 heterocycles. The smallest absolute Gasteiger partial charge is 0.309 e. The molecular weight excluding hydrogens is 405 g/mol. The van der Waals surface area contributed by atoms with Crippen molar-refractivity contribution in [3.8, 4) is 5.75 Å². The van der Waals surface area contributed by atoms with Gasteiger partial charge < -0.3 is 14.6 Å². The van der Waals surface area contributed by atoms with Gasteiger partial charge in [0.2, 0.25) is 0 Å². The summed E-state index contributed by atoms with van der Waals surface area (Å²) in [5, 5.41) is 9.44. The number of rotatable bonds is 11. The van der Waals surface area contributed by atoms with E-state index in [4.69, 9.17) is 21.1 Å². The fraction of sp³-hybridized carbons (Fsp3) is 0.545. The van der Waals surface area contributed by atoms with Crippen LogP contribution in [0.3, 0.4) is 0 Å². The van der Waals surface area contributed by atoms with E-state index in [1.807, 2.05) is 13.8 Å². The van der Waals surface area contributed by atoms with Crippen LogP contribution in [0.2, 0.25) is 0 Å². The minimum atomic E-state index is -3.48. The average molecular weight is 431 g/mol. The second-order valence-electron chi connectivity index (χ2n) is 7.52. The lowest BCUT2D eigenvalue weighted by molar-refractivity contribution is -0.0584. The Morgan fingerprint density at radius 1 is 1.14 bits per heavy atom. The van der Waals surface area contributed by atoms with Gasteiger partial charge in [-0.3, -0.25) is 0 Å². The van der Waals surface area contributed by atoms with E-state index in [1.54, 1.807) is 24.3 Å². The predicted molar refractivity (Wildman–Crippen MR) is 106 cm³/mol. The highest BCUT2D eigenvalue weighted by Gasteiger charge is 2.30. The zero-order valence-electron chi connectivity index (χ0n) is 16.6. The third-order valence-electron chi connectivity index (χ3n) is 4.84. The van der Waals surface area contributed by atoms with Crippen molar-refractivity contribution in [2.24, 2.45) is 0 Å². The highest BCUT2D eigenvalue weighted by molar-refractivity contribution is 6.18. The molecule has 0 saturated carbocycles. The van der Waals surface area contributed by atoms with Crippen LogP contribution in [0, 0.1) is 0 Å². The van der Waals surface area contributed by atoms with Crippen LogP contribution in [0.4, 0.5) is 13.2 Å². The molecule has 1 N–H and O–H groups in total. The molecule has 0 bridgehead atoms. The number of benzene rings is 1. The summed E-state index contributed by atoms with van der Waals surface area (Å²) in [6.07, 6.45) is 1.31. The first-order chi connectivity index (χ1) is 13.7. The van der Waals surface area contributed by atoms with E-state index in [0.717, 1.165) is 17.6 Å². The number of allylic oxidation sites excluding steroid dienone is 2. The van der Waals surface area contributed by atoms with Crippen molar-refractivity contribution in [3.05, 3.63) is 52.6 Å². The quantitative estimate of drug-likeness (QED) is 0.382. The Morgan fingerprint density at radius 2 is 1.83 bits per heavy atom. The lowest BCUT2D eigenvalue weighted by Gasteiger charge is -2.28. The van der Waals surface area contributed by atoms with E-state index < -0.39 is 25.3 Å². The van der Waals surface area contributed by atoms with Crippen molar-refractivity contribution in [1.82, 2.24) is 0 Å². The molecule has 0 saturated heterocycles. The van der Waals surface area contributed by atoms with E-state index in [1.165, 1.54) is 0 Å². The van der Waals surface area contributed by atoms with E-state index in [-0.39, 0.29) is 17.0 Å². The van der Waals surface area contributed by atoms with Crippen molar-refractivity contribution >= 4 is 11.6 Å². The van der Waals surface area contributed by atoms with Gasteiger partial charge in [0.15, 0.2) is 13.3 Å². The zero-order chi connectivity index (χ0) is 21.5. The van der Waals surface area contributed by atoms with Crippen LogP contribution in [0.1, 0.15) is 38.7 Å². The first kappa shape index (κ1) is 23.4. The molecule has 1 aromatic rings. The van der Waals surface area contributed by atoms with Crippen LogP contribution < -0.4 is 4.74 Å². The van der Waals surface area contributed by atoms with Gasteiger partial charge in [0.05, 0.1) is 12.7 Å². The van der Waals surface area contributed by atoms with Crippen LogP contribution in [0.15, 0.2) is 47.1 Å². The van der Waals surface area contributed by atoms with Crippen LogP contribution in [0.25, 0.3) is 0 Å². The number of aliphatic hydroxyl groups is 1. The maximum absolute atomic E-state index is 13.0. The molecule has 29 heavy (non-hydrogen) atoms. The van der Waals surface area contributed by atoms with Gasteiger partial charge in [-0.1, -0.05) is 31.7 Å². The Bertz CT molecular complexity index is 777. The number of alkyl halides is 4. The molecule has 1 aliphatic rings. The Kier molecular flexibility index (Phi) is 8.30. The van der Waals surface area contributed by atoms with E-state index >= 15 is 0 Å². The highest BCUT2D eigenvalue weighted by Crippen LogP contribution is 2.36. The number of ether oxygens (including phenoxy) is 2. The standard InChI is InChI=1S/C22H26ClF3O3/c1-21(2,16-3-7-19(8-4-16)28-12-11-18(27)13-23)17-5-9-20(10-6-17)29-15-22(25,26)14-24/h5-6,9-10,18,27H,3,7,11-15H2,1-2H3/t18-/m0/s1. The maximum Gasteiger partial charge on any atom is 0.309 e. The molecule has 0 amide bonds. The average Bonchev–Trinajstić information content (AvgIpc) is 2.73. The van der Waals surface area contributed by atoms with Crippen LogP contribution in [-0.2, 0) is 10.2 Å². The Morgan fingerprint density at radius 3 is 2.38 bits per heavy atom. The van der Waals surface area contributed by atoms with Gasteiger partial charge in [-0.25, -0.2) is 4.39 Å². The molecule has 1 atom stereocenters. The van der Waals surface area contributed by atoms with Gasteiger partial charge >= 0.3 is 5.92 Å². The third kappa shape index (κ3) is 6.87. The summed E-state index contributed by atoms with van der Waals surface area (Å²) in [4.78, 5) is 0. The molecule has 0 aliphatic heterocycles. The summed E-state index contributed by atoms with van der Waals surface area (Å²) < 4.78 is 48.7. The van der Waals surface area contributed by atoms with E-state index in [2.05, 4.69) is 11.5 Å². The minimum Gasteiger partial charge on any atom is -0.489 e. The number of halogens is 4. The number of hydrogen-bond acceptors (Lipinski definition) is 3. The van der Waals surface area contributed by atoms with Gasteiger partial charge in [-0.05, 0) is 35.4 Å². The fourth-order valence-electron chi connectivity index (χ4n) is 2.85. The zero-order valence-corrected chi connectivity index (χ0v) is 17.4. The molecule has 0 spiro atoms. The normalized spacial score (nSPS) is 15.6. The lowest BCUT2D eigenvalue weighted by Crippen LogP contribution is -2.27. The van der Waals surface area contributed by atoms with Crippen LogP contribution >= 0.6 is 11.6 Å². The van der Waals surface area contributed by atoms with Gasteiger partial charge in [-0.15, -0.1) is 11.6 Å². The van der Waals surface area contributed by atoms with Crippen molar-refractivity contribution in [3.63, 3.8) is 0 Å². The van der Waals surface area contributed by atoms with Gasteiger partial charge in [-0.2, -0.15) is 8.78 Å².